The predicted molar refractivity (Wildman–Crippen MR) is 74.4 cm³/mol. The van der Waals surface area contributed by atoms with Crippen LogP contribution in [0.2, 0.25) is 0 Å². The van der Waals surface area contributed by atoms with Gasteiger partial charge in [0.2, 0.25) is 15.9 Å². The van der Waals surface area contributed by atoms with Crippen LogP contribution in [0.5, 0.6) is 0 Å². The molecular formula is C14H15F3N2O3S. The van der Waals surface area contributed by atoms with Crippen molar-refractivity contribution >= 4 is 15.9 Å². The third-order valence-corrected chi connectivity index (χ3v) is 6.38. The first-order valence-corrected chi connectivity index (χ1v) is 8.65. The van der Waals surface area contributed by atoms with Gasteiger partial charge in [-0.3, -0.25) is 4.79 Å². The fraction of sp³-hybridized carbons (Fsp3) is 0.500. The molecular weight excluding hydrogens is 333 g/mol. The number of carbonyl (C=O) groups excluding carboxylic acids is 1. The van der Waals surface area contributed by atoms with Crippen molar-refractivity contribution in [2.24, 2.45) is 0 Å². The highest BCUT2D eigenvalue weighted by Crippen LogP contribution is 2.31. The second-order valence-corrected chi connectivity index (χ2v) is 7.61. The standard InChI is InChI=1S/C14H15F3N2O3S/c1-8-14(20)18-6-2-3-9(18)7-19(8)23(21,22)11-5-4-10(15)12(16)13(11)17/h4-5,8-9H,2-3,6-7H2,1H3/t8-,9+/m0/s1. The number of sulfonamides is 1. The summed E-state index contributed by atoms with van der Waals surface area (Å²) in [5.41, 5.74) is 0. The summed E-state index contributed by atoms with van der Waals surface area (Å²) in [5.74, 6) is -5.43. The summed E-state index contributed by atoms with van der Waals surface area (Å²) < 4.78 is 66.4. The molecule has 1 aromatic carbocycles. The van der Waals surface area contributed by atoms with Crippen LogP contribution in [0.1, 0.15) is 19.8 Å². The lowest BCUT2D eigenvalue weighted by Gasteiger charge is -2.40. The van der Waals surface area contributed by atoms with Crippen molar-refractivity contribution in [2.75, 3.05) is 13.1 Å². The van der Waals surface area contributed by atoms with Gasteiger partial charge >= 0.3 is 0 Å². The number of hydrogen-bond acceptors (Lipinski definition) is 3. The predicted octanol–water partition coefficient (Wildman–Crippen LogP) is 1.49. The van der Waals surface area contributed by atoms with Crippen LogP contribution in [-0.4, -0.2) is 48.7 Å². The summed E-state index contributed by atoms with van der Waals surface area (Å²) in [4.78, 5) is 13.0. The topological polar surface area (TPSA) is 57.7 Å². The lowest BCUT2D eigenvalue weighted by atomic mass is 10.1. The molecule has 126 valence electrons. The number of benzene rings is 1. The van der Waals surface area contributed by atoms with E-state index < -0.39 is 38.4 Å². The Morgan fingerprint density at radius 3 is 2.57 bits per heavy atom. The molecule has 5 nitrogen and oxygen atoms in total. The maximum atomic E-state index is 13.9. The van der Waals surface area contributed by atoms with Crippen LogP contribution >= 0.6 is 0 Å². The maximum absolute atomic E-state index is 13.9. The fourth-order valence-electron chi connectivity index (χ4n) is 3.18. The SMILES string of the molecule is C[C@H]1C(=O)N2CCC[C@@H]2CN1S(=O)(=O)c1ccc(F)c(F)c1F. The Labute approximate surface area is 131 Å². The Morgan fingerprint density at radius 1 is 1.17 bits per heavy atom. The van der Waals surface area contributed by atoms with Crippen LogP contribution in [0.4, 0.5) is 13.2 Å². The minimum Gasteiger partial charge on any atom is -0.337 e. The van der Waals surface area contributed by atoms with E-state index in [0.29, 0.717) is 25.1 Å². The number of rotatable bonds is 2. The molecule has 0 saturated carbocycles. The van der Waals surface area contributed by atoms with E-state index in [9.17, 15) is 26.4 Å². The van der Waals surface area contributed by atoms with Crippen LogP contribution in [0, 0.1) is 17.5 Å². The summed E-state index contributed by atoms with van der Waals surface area (Å²) >= 11 is 0. The Hall–Kier alpha value is -1.61. The smallest absolute Gasteiger partial charge is 0.246 e. The molecule has 2 saturated heterocycles. The van der Waals surface area contributed by atoms with Gasteiger partial charge in [-0.1, -0.05) is 0 Å². The first-order chi connectivity index (χ1) is 10.7. The number of piperazine rings is 1. The van der Waals surface area contributed by atoms with Gasteiger partial charge in [0.25, 0.3) is 0 Å². The molecule has 0 aliphatic carbocycles. The number of carbonyl (C=O) groups is 1. The maximum Gasteiger partial charge on any atom is 0.246 e. The molecule has 0 radical (unpaired) electrons. The highest BCUT2D eigenvalue weighted by Gasteiger charge is 2.46. The van der Waals surface area contributed by atoms with Gasteiger partial charge in [-0.05, 0) is 31.9 Å². The van der Waals surface area contributed by atoms with Gasteiger partial charge in [0.1, 0.15) is 10.9 Å². The van der Waals surface area contributed by atoms with Gasteiger partial charge in [-0.2, -0.15) is 4.31 Å². The van der Waals surface area contributed by atoms with E-state index >= 15 is 0 Å². The van der Waals surface area contributed by atoms with Crippen LogP contribution < -0.4 is 0 Å². The third kappa shape index (κ3) is 2.42. The minimum atomic E-state index is -4.45. The fourth-order valence-corrected chi connectivity index (χ4v) is 4.87. The molecule has 0 unspecified atom stereocenters. The molecule has 0 N–H and O–H groups in total. The zero-order valence-electron chi connectivity index (χ0n) is 12.3. The van der Waals surface area contributed by atoms with E-state index in [1.54, 1.807) is 4.90 Å². The van der Waals surface area contributed by atoms with Gasteiger partial charge in [0.05, 0.1) is 0 Å². The normalized spacial score (nSPS) is 25.7. The summed E-state index contributed by atoms with van der Waals surface area (Å²) in [7, 11) is -4.45. The van der Waals surface area contributed by atoms with Gasteiger partial charge in [-0.15, -0.1) is 0 Å². The summed E-state index contributed by atoms with van der Waals surface area (Å²) in [6, 6.07) is -0.0334. The van der Waals surface area contributed by atoms with Crippen molar-refractivity contribution in [3.05, 3.63) is 29.6 Å². The number of halogens is 3. The van der Waals surface area contributed by atoms with Gasteiger partial charge in [-0.25, -0.2) is 21.6 Å². The van der Waals surface area contributed by atoms with E-state index in [1.807, 2.05) is 0 Å². The summed E-state index contributed by atoms with van der Waals surface area (Å²) in [5, 5.41) is 0. The Morgan fingerprint density at radius 2 is 1.87 bits per heavy atom. The van der Waals surface area contributed by atoms with Gasteiger partial charge in [0, 0.05) is 19.1 Å². The van der Waals surface area contributed by atoms with Crippen molar-refractivity contribution in [2.45, 2.75) is 36.7 Å². The molecule has 1 amide bonds. The zero-order valence-corrected chi connectivity index (χ0v) is 13.1. The number of amides is 1. The molecule has 9 heteroatoms. The molecule has 1 aromatic rings. The van der Waals surface area contributed by atoms with E-state index in [0.717, 1.165) is 10.7 Å². The lowest BCUT2D eigenvalue weighted by Crippen LogP contribution is -2.60. The van der Waals surface area contributed by atoms with Crippen molar-refractivity contribution in [3.63, 3.8) is 0 Å². The Kier molecular flexibility index (Phi) is 3.88. The van der Waals surface area contributed by atoms with Gasteiger partial charge in [0.15, 0.2) is 17.5 Å². The zero-order chi connectivity index (χ0) is 16.9. The lowest BCUT2D eigenvalue weighted by molar-refractivity contribution is -0.139. The molecule has 2 aliphatic rings. The Bertz CT molecular complexity index is 769. The molecule has 2 aliphatic heterocycles. The van der Waals surface area contributed by atoms with Crippen LogP contribution in [0.25, 0.3) is 0 Å². The van der Waals surface area contributed by atoms with E-state index in [2.05, 4.69) is 0 Å². The number of hydrogen-bond donors (Lipinski definition) is 0. The van der Waals surface area contributed by atoms with Gasteiger partial charge < -0.3 is 4.90 Å². The summed E-state index contributed by atoms with van der Waals surface area (Å²) in [6.07, 6.45) is 1.43. The minimum absolute atomic E-state index is 0.0215. The van der Waals surface area contributed by atoms with E-state index in [4.69, 9.17) is 0 Å². The highest BCUT2D eigenvalue weighted by molar-refractivity contribution is 7.89. The monoisotopic (exact) mass is 348 g/mol. The molecule has 2 atom stereocenters. The van der Waals surface area contributed by atoms with Crippen molar-refractivity contribution < 1.29 is 26.4 Å². The van der Waals surface area contributed by atoms with Crippen molar-refractivity contribution in [1.29, 1.82) is 0 Å². The van der Waals surface area contributed by atoms with Crippen LogP contribution in [-0.2, 0) is 14.8 Å². The second-order valence-electron chi connectivity index (χ2n) is 5.75. The Balaban J connectivity index is 2.03. The summed E-state index contributed by atoms with van der Waals surface area (Å²) in [6.45, 7) is 2.00. The number of fused-ring (bicyclic) bond motifs is 1. The van der Waals surface area contributed by atoms with Crippen molar-refractivity contribution in [1.82, 2.24) is 9.21 Å². The first kappa shape index (κ1) is 16.3. The molecule has 0 bridgehead atoms. The quantitative estimate of drug-likeness (QED) is 0.761. The van der Waals surface area contributed by atoms with Crippen molar-refractivity contribution in [3.8, 4) is 0 Å². The largest absolute Gasteiger partial charge is 0.337 e. The van der Waals surface area contributed by atoms with Crippen LogP contribution in [0.15, 0.2) is 17.0 Å². The van der Waals surface area contributed by atoms with Crippen LogP contribution in [0.3, 0.4) is 0 Å². The first-order valence-electron chi connectivity index (χ1n) is 7.21. The average molecular weight is 348 g/mol. The molecule has 2 fully saturated rings. The van der Waals surface area contributed by atoms with E-state index in [-0.39, 0.29) is 18.5 Å². The third-order valence-electron chi connectivity index (χ3n) is 4.43. The number of nitrogens with zero attached hydrogens (tertiary/aromatic N) is 2. The molecule has 2 heterocycles. The molecule has 23 heavy (non-hydrogen) atoms. The molecule has 3 rings (SSSR count). The molecule has 0 spiro atoms. The van der Waals surface area contributed by atoms with E-state index in [1.165, 1.54) is 6.92 Å². The average Bonchev–Trinajstić information content (AvgIpc) is 2.96. The molecule has 0 aromatic heterocycles. The highest BCUT2D eigenvalue weighted by atomic mass is 32.2. The second kappa shape index (κ2) is 5.48.